The fraction of sp³-hybridized carbons (Fsp3) is 0.400. The Morgan fingerprint density at radius 2 is 2.00 bits per heavy atom. The number of benzene rings is 1. The highest BCUT2D eigenvalue weighted by molar-refractivity contribution is 9.10. The minimum atomic E-state index is -1.12. The minimum absolute atomic E-state index is 0.00480. The zero-order valence-electron chi connectivity index (χ0n) is 11.7. The van der Waals surface area contributed by atoms with Gasteiger partial charge in [-0.2, -0.15) is 0 Å². The van der Waals surface area contributed by atoms with Crippen molar-refractivity contribution in [1.82, 2.24) is 4.57 Å². The molecule has 0 spiro atoms. The Morgan fingerprint density at radius 3 is 2.73 bits per heavy atom. The zero-order chi connectivity index (χ0) is 15.7. The minimum Gasteiger partial charge on any atom is -0.350 e. The van der Waals surface area contributed by atoms with Gasteiger partial charge in [-0.15, -0.1) is 0 Å². The van der Waals surface area contributed by atoms with Crippen molar-refractivity contribution in [3.63, 3.8) is 0 Å². The summed E-state index contributed by atoms with van der Waals surface area (Å²) in [7, 11) is 0. The lowest BCUT2D eigenvalue weighted by Gasteiger charge is -2.11. The Bertz CT molecular complexity index is 757. The van der Waals surface area contributed by atoms with Crippen molar-refractivity contribution in [3.05, 3.63) is 44.8 Å². The first-order chi connectivity index (χ1) is 10.6. The molecule has 4 nitrogen and oxygen atoms in total. The second-order valence-corrected chi connectivity index (χ2v) is 5.93. The number of fused-ring (bicyclic) bond motifs is 1. The van der Waals surface area contributed by atoms with E-state index in [-0.39, 0.29) is 16.1 Å². The van der Waals surface area contributed by atoms with Gasteiger partial charge in [0.2, 0.25) is 0 Å². The van der Waals surface area contributed by atoms with E-state index in [2.05, 4.69) is 15.9 Å². The van der Waals surface area contributed by atoms with Gasteiger partial charge < -0.3 is 14.0 Å². The van der Waals surface area contributed by atoms with Crippen molar-refractivity contribution in [3.8, 4) is 0 Å². The van der Waals surface area contributed by atoms with Crippen LogP contribution in [0.25, 0.3) is 10.8 Å². The molecule has 0 saturated carbocycles. The number of aromatic nitrogens is 1. The molecule has 1 aliphatic heterocycles. The highest BCUT2D eigenvalue weighted by Gasteiger charge is 2.17. The molecule has 1 aromatic carbocycles. The first kappa shape index (κ1) is 15.6. The molecule has 1 aliphatic rings. The van der Waals surface area contributed by atoms with Crippen LogP contribution in [0, 0.1) is 11.6 Å². The number of aryl methyl sites for hydroxylation is 1. The van der Waals surface area contributed by atoms with Crippen LogP contribution in [-0.2, 0) is 16.0 Å². The Kier molecular flexibility index (Phi) is 4.56. The summed E-state index contributed by atoms with van der Waals surface area (Å²) < 4.78 is 39.7. The third-order valence-electron chi connectivity index (χ3n) is 3.63. The lowest BCUT2D eigenvalue weighted by Crippen LogP contribution is -2.21. The van der Waals surface area contributed by atoms with Crippen LogP contribution in [0.2, 0.25) is 0 Å². The largest absolute Gasteiger partial charge is 0.350 e. The maximum absolute atomic E-state index is 14.0. The van der Waals surface area contributed by atoms with Crippen LogP contribution in [0.5, 0.6) is 0 Å². The first-order valence-corrected chi connectivity index (χ1v) is 7.77. The highest BCUT2D eigenvalue weighted by atomic mass is 79.9. The molecule has 3 rings (SSSR count). The van der Waals surface area contributed by atoms with Crippen molar-refractivity contribution >= 4 is 26.7 Å². The molecular formula is C15H14BrF2NO3. The monoisotopic (exact) mass is 373 g/mol. The first-order valence-electron chi connectivity index (χ1n) is 6.98. The molecule has 1 saturated heterocycles. The molecule has 0 amide bonds. The number of hydrogen-bond acceptors (Lipinski definition) is 3. The standard InChI is InChI=1S/C15H14BrF2NO3/c16-10-8-9-3-5-19(4-1-2-11-21-6-7-22-11)15(20)12(9)14(18)13(10)17/h3,5,8,11H,1-2,4,6-7H2. The Balaban J connectivity index is 1.84. The predicted molar refractivity (Wildman–Crippen MR) is 80.8 cm³/mol. The van der Waals surface area contributed by atoms with Crippen LogP contribution in [0.15, 0.2) is 27.6 Å². The maximum atomic E-state index is 14.0. The zero-order valence-corrected chi connectivity index (χ0v) is 13.2. The van der Waals surface area contributed by atoms with Crippen LogP contribution < -0.4 is 5.56 Å². The van der Waals surface area contributed by atoms with Gasteiger partial charge >= 0.3 is 0 Å². The van der Waals surface area contributed by atoms with Gasteiger partial charge in [0.1, 0.15) is 0 Å². The number of ether oxygens (including phenoxy) is 2. The van der Waals surface area contributed by atoms with Crippen molar-refractivity contribution in [2.75, 3.05) is 13.2 Å². The average molecular weight is 374 g/mol. The topological polar surface area (TPSA) is 40.5 Å². The molecule has 1 aromatic heterocycles. The van der Waals surface area contributed by atoms with Crippen LogP contribution in [-0.4, -0.2) is 24.1 Å². The summed E-state index contributed by atoms with van der Waals surface area (Å²) in [5.41, 5.74) is -0.533. The van der Waals surface area contributed by atoms with Gasteiger partial charge in [0.25, 0.3) is 5.56 Å². The summed E-state index contributed by atoms with van der Waals surface area (Å²) in [5, 5.41) is 0.144. The van der Waals surface area contributed by atoms with E-state index in [9.17, 15) is 13.6 Å². The number of rotatable bonds is 4. The molecule has 2 aromatic rings. The fourth-order valence-corrected chi connectivity index (χ4v) is 2.94. The predicted octanol–water partition coefficient (Wildman–Crippen LogP) is 3.20. The van der Waals surface area contributed by atoms with Gasteiger partial charge in [0, 0.05) is 19.2 Å². The molecule has 7 heteroatoms. The van der Waals surface area contributed by atoms with Crippen molar-refractivity contribution in [2.24, 2.45) is 0 Å². The SMILES string of the molecule is O=c1c2c(F)c(F)c(Br)cc2ccn1CCCC1OCCO1. The van der Waals surface area contributed by atoms with Gasteiger partial charge in [-0.3, -0.25) is 4.79 Å². The molecule has 0 aliphatic carbocycles. The Hall–Kier alpha value is -1.31. The second kappa shape index (κ2) is 6.44. The van der Waals surface area contributed by atoms with Gasteiger partial charge in [0.05, 0.1) is 23.1 Å². The van der Waals surface area contributed by atoms with E-state index in [4.69, 9.17) is 9.47 Å². The maximum Gasteiger partial charge on any atom is 0.261 e. The summed E-state index contributed by atoms with van der Waals surface area (Å²) in [6.45, 7) is 1.56. The third kappa shape index (κ3) is 2.93. The molecule has 0 N–H and O–H groups in total. The summed E-state index contributed by atoms with van der Waals surface area (Å²) in [6.07, 6.45) is 2.66. The van der Waals surface area contributed by atoms with Gasteiger partial charge in [0.15, 0.2) is 17.9 Å². The molecule has 2 heterocycles. The summed E-state index contributed by atoms with van der Waals surface area (Å²) in [6, 6.07) is 3.01. The molecule has 0 unspecified atom stereocenters. The molecule has 0 atom stereocenters. The van der Waals surface area contributed by atoms with Gasteiger partial charge in [-0.05, 0) is 39.9 Å². The highest BCUT2D eigenvalue weighted by Crippen LogP contribution is 2.25. The van der Waals surface area contributed by atoms with Crippen LogP contribution in [0.3, 0.4) is 0 Å². The molecular weight excluding hydrogens is 360 g/mol. The van der Waals surface area contributed by atoms with Crippen LogP contribution in [0.4, 0.5) is 8.78 Å². The van der Waals surface area contributed by atoms with Crippen molar-refractivity contribution in [1.29, 1.82) is 0 Å². The van der Waals surface area contributed by atoms with E-state index in [0.717, 1.165) is 0 Å². The fourth-order valence-electron chi connectivity index (χ4n) is 2.52. The normalized spacial score (nSPS) is 15.8. The molecule has 0 bridgehead atoms. The Morgan fingerprint density at radius 1 is 1.27 bits per heavy atom. The molecule has 0 radical (unpaired) electrons. The lowest BCUT2D eigenvalue weighted by atomic mass is 10.1. The third-order valence-corrected chi connectivity index (χ3v) is 4.21. The van der Waals surface area contributed by atoms with E-state index in [1.165, 1.54) is 10.6 Å². The summed E-state index contributed by atoms with van der Waals surface area (Å²) in [4.78, 5) is 12.3. The summed E-state index contributed by atoms with van der Waals surface area (Å²) in [5.74, 6) is -2.17. The lowest BCUT2D eigenvalue weighted by molar-refractivity contribution is -0.0482. The average Bonchev–Trinajstić information content (AvgIpc) is 3.00. The van der Waals surface area contributed by atoms with E-state index in [1.807, 2.05) is 0 Å². The number of nitrogens with zero attached hydrogens (tertiary/aromatic N) is 1. The van der Waals surface area contributed by atoms with E-state index >= 15 is 0 Å². The van der Waals surface area contributed by atoms with E-state index in [0.29, 0.717) is 38.0 Å². The smallest absolute Gasteiger partial charge is 0.261 e. The number of hydrogen-bond donors (Lipinski definition) is 0. The van der Waals surface area contributed by atoms with Crippen LogP contribution in [0.1, 0.15) is 12.8 Å². The molecule has 22 heavy (non-hydrogen) atoms. The van der Waals surface area contributed by atoms with Crippen molar-refractivity contribution in [2.45, 2.75) is 25.7 Å². The number of pyridine rings is 1. The van der Waals surface area contributed by atoms with Crippen LogP contribution >= 0.6 is 15.9 Å². The van der Waals surface area contributed by atoms with Crippen molar-refractivity contribution < 1.29 is 18.3 Å². The van der Waals surface area contributed by atoms with Gasteiger partial charge in [-0.1, -0.05) is 0 Å². The quantitative estimate of drug-likeness (QED) is 0.772. The molecule has 118 valence electrons. The van der Waals surface area contributed by atoms with E-state index in [1.54, 1.807) is 12.3 Å². The summed E-state index contributed by atoms with van der Waals surface area (Å²) >= 11 is 2.94. The second-order valence-electron chi connectivity index (χ2n) is 5.08. The number of halogens is 3. The van der Waals surface area contributed by atoms with E-state index < -0.39 is 17.2 Å². The molecule has 1 fully saturated rings. The van der Waals surface area contributed by atoms with Gasteiger partial charge in [-0.25, -0.2) is 8.78 Å². The Labute approximate surface area is 133 Å².